The predicted octanol–water partition coefficient (Wildman–Crippen LogP) is 2.88. The van der Waals surface area contributed by atoms with Gasteiger partial charge in [-0.1, -0.05) is 18.6 Å². The lowest BCUT2D eigenvalue weighted by Crippen LogP contribution is -2.45. The fourth-order valence-corrected chi connectivity index (χ4v) is 2.38. The van der Waals surface area contributed by atoms with Crippen molar-refractivity contribution in [1.82, 2.24) is 0 Å². The Bertz CT molecular complexity index is 350. The minimum Gasteiger partial charge on any atom is -0.394 e. The average Bonchev–Trinajstić information content (AvgIpc) is 2.45. The molecule has 21 heavy (non-hydrogen) atoms. The quantitative estimate of drug-likeness (QED) is 0.700. The molecule has 0 spiro atoms. The molecule has 1 aliphatic rings. The monoisotopic (exact) mass is 298 g/mol. The van der Waals surface area contributed by atoms with E-state index in [4.69, 9.17) is 14.6 Å². The number of carbonyl (C=O) groups excluding carboxylic acids is 1. The lowest BCUT2D eigenvalue weighted by molar-refractivity contribution is -0.193. The van der Waals surface area contributed by atoms with E-state index >= 15 is 0 Å². The summed E-state index contributed by atoms with van der Waals surface area (Å²) in [6, 6.07) is 0. The molecule has 0 bridgehead atoms. The number of aliphatic hydroxyl groups is 1. The summed E-state index contributed by atoms with van der Waals surface area (Å²) >= 11 is 0. The molecule has 0 aromatic heterocycles. The Hall–Kier alpha value is -0.710. The maximum absolute atomic E-state index is 12.0. The molecule has 0 aromatic carbocycles. The van der Waals surface area contributed by atoms with Crippen molar-refractivity contribution >= 4 is 5.78 Å². The summed E-state index contributed by atoms with van der Waals surface area (Å²) in [7, 11) is 0. The molecule has 0 unspecified atom stereocenters. The SMILES string of the molecule is CC(C)=CCC(=O)[C@H](C)CCC[C@]1(C)CO[C@H](CO)CO1. The van der Waals surface area contributed by atoms with Gasteiger partial charge in [-0.05, 0) is 40.0 Å². The van der Waals surface area contributed by atoms with E-state index in [9.17, 15) is 4.79 Å². The third-order valence-corrected chi connectivity index (χ3v) is 4.05. The molecule has 3 atom stereocenters. The Kier molecular flexibility index (Phi) is 7.57. The summed E-state index contributed by atoms with van der Waals surface area (Å²) in [5.41, 5.74) is 0.906. The van der Waals surface area contributed by atoms with E-state index in [1.807, 2.05) is 33.8 Å². The lowest BCUT2D eigenvalue weighted by atomic mass is 9.92. The highest BCUT2D eigenvalue weighted by atomic mass is 16.6. The summed E-state index contributed by atoms with van der Waals surface area (Å²) in [6.45, 7) is 9.03. The van der Waals surface area contributed by atoms with E-state index in [-0.39, 0.29) is 24.2 Å². The van der Waals surface area contributed by atoms with Crippen molar-refractivity contribution < 1.29 is 19.4 Å². The van der Waals surface area contributed by atoms with Gasteiger partial charge in [0.15, 0.2) is 0 Å². The van der Waals surface area contributed by atoms with Crippen molar-refractivity contribution in [3.63, 3.8) is 0 Å². The lowest BCUT2D eigenvalue weighted by Gasteiger charge is -2.37. The molecule has 1 fully saturated rings. The van der Waals surface area contributed by atoms with Gasteiger partial charge in [0.2, 0.25) is 0 Å². The highest BCUT2D eigenvalue weighted by Gasteiger charge is 2.32. The van der Waals surface area contributed by atoms with Crippen LogP contribution in [0.1, 0.15) is 53.4 Å². The third kappa shape index (κ3) is 6.72. The predicted molar refractivity (Wildman–Crippen MR) is 83.3 cm³/mol. The molecule has 1 heterocycles. The van der Waals surface area contributed by atoms with Crippen LogP contribution in [-0.2, 0) is 14.3 Å². The number of hydrogen-bond donors (Lipinski definition) is 1. The highest BCUT2D eigenvalue weighted by Crippen LogP contribution is 2.25. The zero-order valence-corrected chi connectivity index (χ0v) is 13.9. The van der Waals surface area contributed by atoms with E-state index in [1.54, 1.807) is 0 Å². The Morgan fingerprint density at radius 1 is 1.48 bits per heavy atom. The van der Waals surface area contributed by atoms with Crippen LogP contribution in [0.2, 0.25) is 0 Å². The fourth-order valence-electron chi connectivity index (χ4n) is 2.38. The second-order valence-electron chi connectivity index (χ2n) is 6.62. The molecule has 0 amide bonds. The molecule has 0 aromatic rings. The normalized spacial score (nSPS) is 27.2. The molecule has 1 aliphatic heterocycles. The minimum absolute atomic E-state index is 0.00593. The molecule has 0 radical (unpaired) electrons. The number of rotatable bonds is 8. The van der Waals surface area contributed by atoms with Crippen molar-refractivity contribution in [2.24, 2.45) is 5.92 Å². The van der Waals surface area contributed by atoms with Gasteiger partial charge in [-0.15, -0.1) is 0 Å². The topological polar surface area (TPSA) is 55.8 Å². The summed E-state index contributed by atoms with van der Waals surface area (Å²) in [5.74, 6) is 0.404. The summed E-state index contributed by atoms with van der Waals surface area (Å²) in [4.78, 5) is 12.0. The van der Waals surface area contributed by atoms with Gasteiger partial charge in [0.1, 0.15) is 11.9 Å². The first kappa shape index (κ1) is 18.3. The number of Topliss-reactive ketones (excluding diaryl/α,β-unsaturated/α-hetero) is 1. The van der Waals surface area contributed by atoms with Crippen LogP contribution in [0.4, 0.5) is 0 Å². The van der Waals surface area contributed by atoms with Crippen molar-refractivity contribution in [3.05, 3.63) is 11.6 Å². The molecule has 0 aliphatic carbocycles. The zero-order valence-electron chi connectivity index (χ0n) is 13.9. The van der Waals surface area contributed by atoms with Gasteiger partial charge in [-0.2, -0.15) is 0 Å². The molecule has 1 saturated heterocycles. The molecule has 1 N–H and O–H groups in total. The second kappa shape index (κ2) is 8.66. The Labute approximate surface area is 128 Å². The van der Waals surface area contributed by atoms with Crippen LogP contribution < -0.4 is 0 Å². The van der Waals surface area contributed by atoms with Crippen LogP contribution in [0.5, 0.6) is 0 Å². The van der Waals surface area contributed by atoms with Gasteiger partial charge in [-0.25, -0.2) is 0 Å². The Morgan fingerprint density at radius 2 is 2.19 bits per heavy atom. The molecule has 122 valence electrons. The van der Waals surface area contributed by atoms with Gasteiger partial charge >= 0.3 is 0 Å². The average molecular weight is 298 g/mol. The van der Waals surface area contributed by atoms with Crippen molar-refractivity contribution in [1.29, 1.82) is 0 Å². The number of carbonyl (C=O) groups is 1. The third-order valence-electron chi connectivity index (χ3n) is 4.05. The standard InChI is InChI=1S/C17H30O4/c1-13(2)7-8-16(19)14(3)6-5-9-17(4)12-20-15(10-18)11-21-17/h7,14-15,18H,5-6,8-12H2,1-4H3/t14-,15-,17-/m1/s1. The highest BCUT2D eigenvalue weighted by molar-refractivity contribution is 5.82. The fraction of sp³-hybridized carbons (Fsp3) is 0.824. The van der Waals surface area contributed by atoms with Gasteiger partial charge in [0.05, 0.1) is 25.4 Å². The van der Waals surface area contributed by atoms with E-state index in [0.717, 1.165) is 19.3 Å². The van der Waals surface area contributed by atoms with Crippen molar-refractivity contribution in [3.8, 4) is 0 Å². The minimum atomic E-state index is -0.283. The first-order chi connectivity index (χ1) is 9.86. The number of hydrogen-bond acceptors (Lipinski definition) is 4. The van der Waals surface area contributed by atoms with Crippen LogP contribution >= 0.6 is 0 Å². The van der Waals surface area contributed by atoms with E-state index in [2.05, 4.69) is 0 Å². The summed E-state index contributed by atoms with van der Waals surface area (Å²) in [5, 5.41) is 9.01. The van der Waals surface area contributed by atoms with Gasteiger partial charge in [0, 0.05) is 12.3 Å². The van der Waals surface area contributed by atoms with E-state index < -0.39 is 0 Å². The van der Waals surface area contributed by atoms with Gasteiger partial charge in [-0.3, -0.25) is 4.79 Å². The molecule has 4 nitrogen and oxygen atoms in total. The van der Waals surface area contributed by atoms with Crippen molar-refractivity contribution in [2.45, 2.75) is 65.1 Å². The first-order valence-corrected chi connectivity index (χ1v) is 7.89. The Balaban J connectivity index is 2.26. The van der Waals surface area contributed by atoms with Crippen LogP contribution in [-0.4, -0.2) is 42.4 Å². The molecule has 1 rings (SSSR count). The number of ether oxygens (including phenoxy) is 2. The van der Waals surface area contributed by atoms with Crippen LogP contribution in [0.3, 0.4) is 0 Å². The molecular formula is C17H30O4. The maximum Gasteiger partial charge on any atom is 0.139 e. The number of aliphatic hydroxyl groups excluding tert-OH is 1. The van der Waals surface area contributed by atoms with E-state index in [1.165, 1.54) is 5.57 Å². The number of allylic oxidation sites excluding steroid dienone is 2. The smallest absolute Gasteiger partial charge is 0.139 e. The summed E-state index contributed by atoms with van der Waals surface area (Å²) < 4.78 is 11.4. The maximum atomic E-state index is 12.0. The number of ketones is 1. The van der Waals surface area contributed by atoms with Gasteiger partial charge in [0.25, 0.3) is 0 Å². The van der Waals surface area contributed by atoms with Gasteiger partial charge < -0.3 is 14.6 Å². The largest absolute Gasteiger partial charge is 0.394 e. The molecule has 4 heteroatoms. The Morgan fingerprint density at radius 3 is 2.71 bits per heavy atom. The van der Waals surface area contributed by atoms with Crippen molar-refractivity contribution in [2.75, 3.05) is 19.8 Å². The van der Waals surface area contributed by atoms with Crippen LogP contribution in [0.15, 0.2) is 11.6 Å². The zero-order chi connectivity index (χ0) is 15.9. The van der Waals surface area contributed by atoms with E-state index in [0.29, 0.717) is 25.4 Å². The molecular weight excluding hydrogens is 268 g/mol. The molecule has 0 saturated carbocycles. The second-order valence-corrected chi connectivity index (χ2v) is 6.62. The first-order valence-electron chi connectivity index (χ1n) is 7.89. The van der Waals surface area contributed by atoms with Crippen LogP contribution in [0, 0.1) is 5.92 Å². The van der Waals surface area contributed by atoms with Crippen LogP contribution in [0.25, 0.3) is 0 Å². The summed E-state index contributed by atoms with van der Waals surface area (Å²) in [6.07, 6.45) is 5.06.